The van der Waals surface area contributed by atoms with Gasteiger partial charge >= 0.3 is 5.97 Å². The minimum absolute atomic E-state index is 0.175. The number of rotatable bonds is 24. The van der Waals surface area contributed by atoms with Crippen LogP contribution in [0.1, 0.15) is 155 Å². The molecule has 0 saturated carbocycles. The van der Waals surface area contributed by atoms with Gasteiger partial charge in [-0.1, -0.05) is 129 Å². The van der Waals surface area contributed by atoms with Crippen molar-refractivity contribution >= 4 is 5.97 Å². The molecule has 30 heavy (non-hydrogen) atoms. The van der Waals surface area contributed by atoms with Crippen molar-refractivity contribution in [3.8, 4) is 0 Å². The third-order valence-electron chi connectivity index (χ3n) is 6.29. The summed E-state index contributed by atoms with van der Waals surface area (Å²) in [6, 6.07) is 0. The zero-order valence-corrected chi connectivity index (χ0v) is 20.6. The van der Waals surface area contributed by atoms with Crippen LogP contribution in [0, 0.1) is 0 Å². The Bertz CT molecular complexity index is 343. The van der Waals surface area contributed by atoms with Crippen molar-refractivity contribution in [2.75, 3.05) is 7.11 Å². The van der Waals surface area contributed by atoms with Crippen molar-refractivity contribution in [3.05, 3.63) is 0 Å². The van der Waals surface area contributed by atoms with E-state index >= 15 is 0 Å². The van der Waals surface area contributed by atoms with Crippen molar-refractivity contribution < 1.29 is 14.6 Å². The van der Waals surface area contributed by atoms with Gasteiger partial charge in [0.25, 0.3) is 0 Å². The second kappa shape index (κ2) is 24.7. The predicted molar refractivity (Wildman–Crippen MR) is 130 cm³/mol. The fraction of sp³-hybridized carbons (Fsp3) is 0.963. The smallest absolute Gasteiger partial charge is 0.305 e. The van der Waals surface area contributed by atoms with Crippen molar-refractivity contribution in [1.82, 2.24) is 0 Å². The van der Waals surface area contributed by atoms with Gasteiger partial charge in [-0.25, -0.2) is 0 Å². The number of carbonyl (C=O) groups excluding carboxylic acids is 1. The maximum Gasteiger partial charge on any atom is 0.305 e. The van der Waals surface area contributed by atoms with Crippen LogP contribution in [0.3, 0.4) is 0 Å². The Kier molecular flexibility index (Phi) is 24.2. The van der Waals surface area contributed by atoms with Gasteiger partial charge in [-0.2, -0.15) is 0 Å². The molecule has 1 N–H and O–H groups in total. The van der Waals surface area contributed by atoms with Gasteiger partial charge in [0.05, 0.1) is 13.2 Å². The summed E-state index contributed by atoms with van der Waals surface area (Å²) in [6.45, 7) is 2.29. The van der Waals surface area contributed by atoms with Gasteiger partial charge in [0, 0.05) is 6.42 Å². The zero-order valence-electron chi connectivity index (χ0n) is 20.6. The highest BCUT2D eigenvalue weighted by Crippen LogP contribution is 2.15. The lowest BCUT2D eigenvalue weighted by Gasteiger charge is -2.09. The summed E-state index contributed by atoms with van der Waals surface area (Å²) in [5, 5.41) is 9.93. The number of ether oxygens (including phenoxy) is 1. The maximum absolute atomic E-state index is 11.0. The van der Waals surface area contributed by atoms with Crippen molar-refractivity contribution in [3.63, 3.8) is 0 Å². The SMILES string of the molecule is CCCCCCCCCCCCCCCCCCCCCC(O)CCCC(=O)OC. The van der Waals surface area contributed by atoms with Gasteiger partial charge in [-0.05, 0) is 19.3 Å². The van der Waals surface area contributed by atoms with Crippen LogP contribution in [0.25, 0.3) is 0 Å². The van der Waals surface area contributed by atoms with Gasteiger partial charge in [0.15, 0.2) is 0 Å². The van der Waals surface area contributed by atoms with Crippen molar-refractivity contribution in [1.29, 1.82) is 0 Å². The van der Waals surface area contributed by atoms with Gasteiger partial charge in [-0.3, -0.25) is 4.79 Å². The Morgan fingerprint density at radius 1 is 0.600 bits per heavy atom. The lowest BCUT2D eigenvalue weighted by molar-refractivity contribution is -0.140. The molecule has 0 bridgehead atoms. The lowest BCUT2D eigenvalue weighted by Crippen LogP contribution is -2.08. The van der Waals surface area contributed by atoms with E-state index in [-0.39, 0.29) is 12.1 Å². The van der Waals surface area contributed by atoms with E-state index in [0.717, 1.165) is 19.3 Å². The molecule has 0 aromatic heterocycles. The largest absolute Gasteiger partial charge is 0.469 e. The number of hydrogen-bond donors (Lipinski definition) is 1. The maximum atomic E-state index is 11.0. The van der Waals surface area contributed by atoms with Crippen LogP contribution in [-0.4, -0.2) is 24.3 Å². The molecule has 0 aromatic rings. The molecule has 3 heteroatoms. The summed E-state index contributed by atoms with van der Waals surface area (Å²) in [6.07, 6.45) is 28.9. The van der Waals surface area contributed by atoms with Crippen LogP contribution in [0.5, 0.6) is 0 Å². The Morgan fingerprint density at radius 2 is 0.933 bits per heavy atom. The molecule has 0 rings (SSSR count). The number of hydrogen-bond acceptors (Lipinski definition) is 3. The van der Waals surface area contributed by atoms with Gasteiger partial charge in [-0.15, -0.1) is 0 Å². The summed E-state index contributed by atoms with van der Waals surface area (Å²) in [5.74, 6) is -0.175. The molecule has 0 spiro atoms. The van der Waals surface area contributed by atoms with E-state index in [0.29, 0.717) is 12.8 Å². The minimum Gasteiger partial charge on any atom is -0.469 e. The molecule has 0 aliphatic carbocycles. The first-order chi connectivity index (χ1) is 14.7. The Morgan fingerprint density at radius 3 is 1.30 bits per heavy atom. The average molecular weight is 427 g/mol. The standard InChI is InChI=1S/C27H54O3/c1-3-4-5-6-7-8-9-10-11-12-13-14-15-16-17-18-19-20-21-23-26(28)24-22-25-27(29)30-2/h26,28H,3-25H2,1-2H3. The minimum atomic E-state index is -0.250. The first-order valence-electron chi connectivity index (χ1n) is 13.5. The number of esters is 1. The third kappa shape index (κ3) is 23.7. The molecule has 3 nitrogen and oxygen atoms in total. The zero-order chi connectivity index (χ0) is 22.1. The summed E-state index contributed by atoms with van der Waals surface area (Å²) in [7, 11) is 1.41. The first-order valence-corrected chi connectivity index (χ1v) is 13.5. The topological polar surface area (TPSA) is 46.5 Å². The van der Waals surface area contributed by atoms with Crippen LogP contribution >= 0.6 is 0 Å². The number of carbonyl (C=O) groups is 1. The monoisotopic (exact) mass is 426 g/mol. The molecule has 180 valence electrons. The molecule has 0 amide bonds. The summed E-state index contributed by atoms with van der Waals surface area (Å²) < 4.78 is 4.61. The van der Waals surface area contributed by atoms with Crippen LogP contribution in [0.15, 0.2) is 0 Å². The fourth-order valence-corrected chi connectivity index (χ4v) is 4.19. The lowest BCUT2D eigenvalue weighted by atomic mass is 10.0. The summed E-state index contributed by atoms with van der Waals surface area (Å²) >= 11 is 0. The average Bonchev–Trinajstić information content (AvgIpc) is 2.75. The van der Waals surface area contributed by atoms with E-state index < -0.39 is 0 Å². The van der Waals surface area contributed by atoms with E-state index in [2.05, 4.69) is 11.7 Å². The quantitative estimate of drug-likeness (QED) is 0.124. The molecule has 1 unspecified atom stereocenters. The molecule has 0 heterocycles. The van der Waals surface area contributed by atoms with Crippen molar-refractivity contribution in [2.45, 2.75) is 161 Å². The summed E-state index contributed by atoms with van der Waals surface area (Å²) in [4.78, 5) is 11.0. The van der Waals surface area contributed by atoms with E-state index in [1.165, 1.54) is 123 Å². The molecule has 0 aliphatic heterocycles. The number of aliphatic hydroxyl groups is 1. The molecule has 0 aliphatic rings. The third-order valence-corrected chi connectivity index (χ3v) is 6.29. The van der Waals surface area contributed by atoms with E-state index in [1.54, 1.807) is 0 Å². The second-order valence-corrected chi connectivity index (χ2v) is 9.27. The van der Waals surface area contributed by atoms with E-state index in [1.807, 2.05) is 0 Å². The van der Waals surface area contributed by atoms with Crippen LogP contribution in [0.4, 0.5) is 0 Å². The fourth-order valence-electron chi connectivity index (χ4n) is 4.19. The highest BCUT2D eigenvalue weighted by atomic mass is 16.5. The van der Waals surface area contributed by atoms with Crippen LogP contribution < -0.4 is 0 Å². The Hall–Kier alpha value is -0.570. The predicted octanol–water partition coefficient (Wildman–Crippen LogP) is 8.51. The molecule has 0 aromatic carbocycles. The Balaban J connectivity index is 3.12. The number of methoxy groups -OCH3 is 1. The van der Waals surface area contributed by atoms with Crippen molar-refractivity contribution in [2.24, 2.45) is 0 Å². The highest BCUT2D eigenvalue weighted by Gasteiger charge is 2.06. The van der Waals surface area contributed by atoms with Gasteiger partial charge in [0.1, 0.15) is 0 Å². The number of aliphatic hydroxyl groups excluding tert-OH is 1. The van der Waals surface area contributed by atoms with Gasteiger partial charge in [0.2, 0.25) is 0 Å². The second-order valence-electron chi connectivity index (χ2n) is 9.27. The normalized spacial score (nSPS) is 12.2. The van der Waals surface area contributed by atoms with E-state index in [9.17, 15) is 9.90 Å². The molecule has 0 saturated heterocycles. The molecule has 0 fully saturated rings. The Labute approximate surface area is 188 Å². The van der Waals surface area contributed by atoms with Gasteiger partial charge < -0.3 is 9.84 Å². The number of unbranched alkanes of at least 4 members (excludes halogenated alkanes) is 18. The first kappa shape index (κ1) is 29.4. The molecular formula is C27H54O3. The van der Waals surface area contributed by atoms with Crippen LogP contribution in [0.2, 0.25) is 0 Å². The molecule has 0 radical (unpaired) electrons. The highest BCUT2D eigenvalue weighted by molar-refractivity contribution is 5.68. The van der Waals surface area contributed by atoms with E-state index in [4.69, 9.17) is 0 Å². The van der Waals surface area contributed by atoms with Crippen LogP contribution in [-0.2, 0) is 9.53 Å². The molecule has 1 atom stereocenters. The summed E-state index contributed by atoms with van der Waals surface area (Å²) in [5.41, 5.74) is 0. The molecular weight excluding hydrogens is 372 g/mol.